The molecule has 0 saturated carbocycles. The summed E-state index contributed by atoms with van der Waals surface area (Å²) >= 11 is 0. The number of hydrogen-bond donors (Lipinski definition) is 3. The Morgan fingerprint density at radius 2 is 2.20 bits per heavy atom. The molecule has 1 aromatic heterocycles. The monoisotopic (exact) mass is 279 g/mol. The second-order valence-electron chi connectivity index (χ2n) is 5.70. The Morgan fingerprint density at radius 1 is 1.50 bits per heavy atom. The summed E-state index contributed by atoms with van der Waals surface area (Å²) in [7, 11) is 0. The summed E-state index contributed by atoms with van der Waals surface area (Å²) in [4.78, 5) is 12.4. The normalized spacial score (nSPS) is 19.6. The van der Waals surface area contributed by atoms with Crippen molar-refractivity contribution in [3.63, 3.8) is 0 Å². The van der Waals surface area contributed by atoms with Gasteiger partial charge in [-0.2, -0.15) is 0 Å². The molecule has 1 amide bonds. The molecule has 0 aliphatic carbocycles. The van der Waals surface area contributed by atoms with Crippen LogP contribution in [0.15, 0.2) is 18.3 Å². The second-order valence-corrected chi connectivity index (χ2v) is 5.70. The number of nitrogens with zero attached hydrogens (tertiary/aromatic N) is 1. The molecule has 0 aromatic carbocycles. The number of carbonyl (C=O) groups excluding carboxylic acids is 1. The summed E-state index contributed by atoms with van der Waals surface area (Å²) < 4.78 is 2.09. The number of aromatic nitrogens is 1. The summed E-state index contributed by atoms with van der Waals surface area (Å²) in [6, 6.07) is 4.16. The summed E-state index contributed by atoms with van der Waals surface area (Å²) in [6.45, 7) is 5.94. The van der Waals surface area contributed by atoms with Gasteiger partial charge >= 0.3 is 0 Å². The molecule has 2 atom stereocenters. The van der Waals surface area contributed by atoms with Gasteiger partial charge in [-0.25, -0.2) is 0 Å². The average molecular weight is 279 g/mol. The Morgan fingerprint density at radius 3 is 2.85 bits per heavy atom. The van der Waals surface area contributed by atoms with Crippen molar-refractivity contribution in [2.75, 3.05) is 19.7 Å². The number of aliphatic hydroxyl groups excluding tert-OH is 1. The quantitative estimate of drug-likeness (QED) is 0.758. The Kier molecular flexibility index (Phi) is 5.20. The second kappa shape index (κ2) is 6.90. The Hall–Kier alpha value is -1.33. The molecule has 1 aromatic rings. The molecule has 0 radical (unpaired) electrons. The predicted octanol–water partition coefficient (Wildman–Crippen LogP) is 1.16. The van der Waals surface area contributed by atoms with Crippen LogP contribution < -0.4 is 10.6 Å². The van der Waals surface area contributed by atoms with Gasteiger partial charge in [0, 0.05) is 24.9 Å². The van der Waals surface area contributed by atoms with E-state index in [0.29, 0.717) is 11.7 Å². The fourth-order valence-electron chi connectivity index (χ4n) is 2.57. The molecule has 20 heavy (non-hydrogen) atoms. The van der Waals surface area contributed by atoms with Gasteiger partial charge in [0.25, 0.3) is 5.91 Å². The molecule has 1 aliphatic heterocycles. The van der Waals surface area contributed by atoms with Crippen molar-refractivity contribution in [2.45, 2.75) is 38.8 Å². The number of aliphatic hydroxyl groups is 1. The maximum atomic E-state index is 12.4. The first kappa shape index (κ1) is 15.1. The standard InChI is InChI=1S/C15H25N3O2/c1-11(10-19)12(2)17-15(20)14-4-3-9-18(14)13-5-7-16-8-6-13/h3-4,9,11-13,16,19H,5-8,10H2,1-2H3,(H,17,20). The summed E-state index contributed by atoms with van der Waals surface area (Å²) in [5.74, 6) is 0.00238. The van der Waals surface area contributed by atoms with E-state index in [0.717, 1.165) is 25.9 Å². The molecule has 2 unspecified atom stereocenters. The number of nitrogens with one attached hydrogen (secondary N) is 2. The van der Waals surface area contributed by atoms with Crippen LogP contribution in [0.5, 0.6) is 0 Å². The summed E-state index contributed by atoms with van der Waals surface area (Å²) in [6.07, 6.45) is 4.10. The number of amides is 1. The maximum absolute atomic E-state index is 12.4. The van der Waals surface area contributed by atoms with Crippen LogP contribution in [0.25, 0.3) is 0 Å². The smallest absolute Gasteiger partial charge is 0.268 e. The Labute approximate surface area is 120 Å². The van der Waals surface area contributed by atoms with Gasteiger partial charge in [0.05, 0.1) is 0 Å². The molecule has 112 valence electrons. The highest BCUT2D eigenvalue weighted by Crippen LogP contribution is 2.21. The van der Waals surface area contributed by atoms with Crippen LogP contribution in [-0.4, -0.2) is 41.3 Å². The van der Waals surface area contributed by atoms with Gasteiger partial charge in [-0.05, 0) is 50.9 Å². The first-order chi connectivity index (χ1) is 9.63. The van der Waals surface area contributed by atoms with Crippen LogP contribution in [0.3, 0.4) is 0 Å². The zero-order valence-corrected chi connectivity index (χ0v) is 12.3. The van der Waals surface area contributed by atoms with Crippen LogP contribution in [0.2, 0.25) is 0 Å². The van der Waals surface area contributed by atoms with Crippen LogP contribution in [-0.2, 0) is 0 Å². The molecule has 3 N–H and O–H groups in total. The van der Waals surface area contributed by atoms with Gasteiger partial charge in [-0.3, -0.25) is 4.79 Å². The molecule has 1 saturated heterocycles. The SMILES string of the molecule is CC(CO)C(C)NC(=O)c1cccn1C1CCNCC1. The van der Waals surface area contributed by atoms with Crippen LogP contribution in [0.4, 0.5) is 0 Å². The largest absolute Gasteiger partial charge is 0.396 e. The van der Waals surface area contributed by atoms with E-state index >= 15 is 0 Å². The highest BCUT2D eigenvalue weighted by molar-refractivity contribution is 5.93. The fourth-order valence-corrected chi connectivity index (χ4v) is 2.57. The van der Waals surface area contributed by atoms with Crippen molar-refractivity contribution >= 4 is 5.91 Å². The minimum atomic E-state index is -0.0543. The molecule has 0 spiro atoms. The molecule has 1 fully saturated rings. The van der Waals surface area contributed by atoms with Crippen LogP contribution in [0, 0.1) is 5.92 Å². The third kappa shape index (κ3) is 3.41. The van der Waals surface area contributed by atoms with E-state index < -0.39 is 0 Å². The lowest BCUT2D eigenvalue weighted by molar-refractivity contribution is 0.0903. The predicted molar refractivity (Wildman–Crippen MR) is 78.8 cm³/mol. The van der Waals surface area contributed by atoms with Gasteiger partial charge in [-0.15, -0.1) is 0 Å². The third-order valence-corrected chi connectivity index (χ3v) is 4.21. The van der Waals surface area contributed by atoms with E-state index in [-0.39, 0.29) is 24.5 Å². The number of hydrogen-bond acceptors (Lipinski definition) is 3. The van der Waals surface area contributed by atoms with E-state index in [1.165, 1.54) is 0 Å². The molecule has 5 heteroatoms. The maximum Gasteiger partial charge on any atom is 0.268 e. The van der Waals surface area contributed by atoms with E-state index in [1.54, 1.807) is 0 Å². The van der Waals surface area contributed by atoms with Crippen molar-refractivity contribution in [3.05, 3.63) is 24.0 Å². The third-order valence-electron chi connectivity index (χ3n) is 4.21. The lowest BCUT2D eigenvalue weighted by Crippen LogP contribution is -2.40. The molecule has 5 nitrogen and oxygen atoms in total. The number of carbonyl (C=O) groups is 1. The number of rotatable bonds is 5. The van der Waals surface area contributed by atoms with Gasteiger partial charge in [0.1, 0.15) is 5.69 Å². The molecule has 2 rings (SSSR count). The topological polar surface area (TPSA) is 66.3 Å². The van der Waals surface area contributed by atoms with Crippen molar-refractivity contribution in [1.29, 1.82) is 0 Å². The van der Waals surface area contributed by atoms with Gasteiger partial charge < -0.3 is 20.3 Å². The van der Waals surface area contributed by atoms with Crippen LogP contribution >= 0.6 is 0 Å². The molecular formula is C15H25N3O2. The van der Waals surface area contributed by atoms with Crippen molar-refractivity contribution < 1.29 is 9.90 Å². The number of piperidine rings is 1. The molecule has 1 aliphatic rings. The van der Waals surface area contributed by atoms with Gasteiger partial charge in [0.15, 0.2) is 0 Å². The van der Waals surface area contributed by atoms with Crippen LogP contribution in [0.1, 0.15) is 43.2 Å². The van der Waals surface area contributed by atoms with E-state index in [1.807, 2.05) is 32.2 Å². The Balaban J connectivity index is 2.05. The van der Waals surface area contributed by atoms with Crippen molar-refractivity contribution in [3.8, 4) is 0 Å². The zero-order valence-electron chi connectivity index (χ0n) is 12.3. The average Bonchev–Trinajstić information content (AvgIpc) is 2.96. The highest BCUT2D eigenvalue weighted by atomic mass is 16.3. The first-order valence-corrected chi connectivity index (χ1v) is 7.42. The molecule has 2 heterocycles. The lowest BCUT2D eigenvalue weighted by Gasteiger charge is -2.26. The highest BCUT2D eigenvalue weighted by Gasteiger charge is 2.21. The van der Waals surface area contributed by atoms with E-state index in [2.05, 4.69) is 15.2 Å². The zero-order chi connectivity index (χ0) is 14.5. The van der Waals surface area contributed by atoms with Crippen molar-refractivity contribution in [1.82, 2.24) is 15.2 Å². The fraction of sp³-hybridized carbons (Fsp3) is 0.667. The van der Waals surface area contributed by atoms with E-state index in [4.69, 9.17) is 5.11 Å². The molecule has 0 bridgehead atoms. The molecular weight excluding hydrogens is 254 g/mol. The van der Waals surface area contributed by atoms with Gasteiger partial charge in [0.2, 0.25) is 0 Å². The van der Waals surface area contributed by atoms with E-state index in [9.17, 15) is 4.79 Å². The van der Waals surface area contributed by atoms with Crippen molar-refractivity contribution in [2.24, 2.45) is 5.92 Å². The van der Waals surface area contributed by atoms with Gasteiger partial charge in [-0.1, -0.05) is 6.92 Å². The minimum absolute atomic E-state index is 0.0381. The first-order valence-electron chi connectivity index (χ1n) is 7.42. The summed E-state index contributed by atoms with van der Waals surface area (Å²) in [5, 5.41) is 15.5. The lowest BCUT2D eigenvalue weighted by atomic mass is 10.0. The minimum Gasteiger partial charge on any atom is -0.396 e. The Bertz CT molecular complexity index is 438. The summed E-state index contributed by atoms with van der Waals surface area (Å²) in [5.41, 5.74) is 0.717.